The molecule has 0 aliphatic carbocycles. The molecule has 0 spiro atoms. The number of rotatable bonds is 4. The van der Waals surface area contributed by atoms with E-state index in [4.69, 9.17) is 0 Å². The third kappa shape index (κ3) is 3.41. The quantitative estimate of drug-likeness (QED) is 0.753. The predicted octanol–water partition coefficient (Wildman–Crippen LogP) is 4.71. The third-order valence-corrected chi connectivity index (χ3v) is 3.66. The maximum Gasteiger partial charge on any atom is 0.162 e. The number of benzene rings is 2. The van der Waals surface area contributed by atoms with Gasteiger partial charge in [0.05, 0.1) is 4.90 Å². The van der Waals surface area contributed by atoms with E-state index in [1.54, 1.807) is 31.2 Å². The number of halogens is 2. The topological polar surface area (TPSA) is 17.1 Å². The molecule has 0 N–H and O–H groups in total. The molecule has 0 heterocycles. The van der Waals surface area contributed by atoms with E-state index in [0.29, 0.717) is 12.0 Å². The van der Waals surface area contributed by atoms with Crippen LogP contribution in [0.4, 0.5) is 8.78 Å². The molecule has 0 saturated heterocycles. The van der Waals surface area contributed by atoms with Crippen LogP contribution in [0.2, 0.25) is 0 Å². The van der Waals surface area contributed by atoms with Crippen LogP contribution in [-0.4, -0.2) is 5.78 Å². The molecule has 2 rings (SSSR count). The maximum absolute atomic E-state index is 13.5. The van der Waals surface area contributed by atoms with Crippen molar-refractivity contribution < 1.29 is 13.6 Å². The van der Waals surface area contributed by atoms with Gasteiger partial charge in [0.25, 0.3) is 0 Å². The minimum Gasteiger partial charge on any atom is -0.294 e. The molecular weight excluding hydrogens is 266 g/mol. The number of Topliss-reactive ketones (excluding diaryl/α,β-unsaturated/α-hetero) is 1. The lowest BCUT2D eigenvalue weighted by Gasteiger charge is -2.04. The van der Waals surface area contributed by atoms with Crippen molar-refractivity contribution in [1.82, 2.24) is 0 Å². The highest BCUT2D eigenvalue weighted by molar-refractivity contribution is 7.99. The zero-order valence-electron chi connectivity index (χ0n) is 10.3. The van der Waals surface area contributed by atoms with Crippen LogP contribution >= 0.6 is 11.8 Å². The van der Waals surface area contributed by atoms with Gasteiger partial charge in [0.15, 0.2) is 5.78 Å². The second-order valence-electron chi connectivity index (χ2n) is 3.98. The Kier molecular flexibility index (Phi) is 4.32. The first kappa shape index (κ1) is 13.7. The van der Waals surface area contributed by atoms with Gasteiger partial charge in [-0.2, -0.15) is 0 Å². The molecule has 0 atom stereocenters. The molecule has 0 amide bonds. The van der Waals surface area contributed by atoms with Gasteiger partial charge in [-0.25, -0.2) is 8.78 Å². The average molecular weight is 278 g/mol. The van der Waals surface area contributed by atoms with Gasteiger partial charge in [0, 0.05) is 16.9 Å². The van der Waals surface area contributed by atoms with Crippen molar-refractivity contribution in [2.45, 2.75) is 23.1 Å². The van der Waals surface area contributed by atoms with Gasteiger partial charge >= 0.3 is 0 Å². The lowest BCUT2D eigenvalue weighted by atomic mass is 10.1. The van der Waals surface area contributed by atoms with E-state index >= 15 is 0 Å². The van der Waals surface area contributed by atoms with Crippen LogP contribution in [0.5, 0.6) is 0 Å². The zero-order valence-corrected chi connectivity index (χ0v) is 11.1. The minimum absolute atomic E-state index is 0.0634. The number of carbonyl (C=O) groups is 1. The van der Waals surface area contributed by atoms with E-state index in [1.807, 2.05) is 0 Å². The molecular formula is C15H12F2OS. The largest absolute Gasteiger partial charge is 0.294 e. The number of carbonyl (C=O) groups excluding carboxylic acids is 1. The lowest BCUT2D eigenvalue weighted by Crippen LogP contribution is -1.95. The first-order valence-corrected chi connectivity index (χ1v) is 6.68. The highest BCUT2D eigenvalue weighted by Gasteiger charge is 2.07. The normalized spacial score (nSPS) is 10.5. The van der Waals surface area contributed by atoms with E-state index in [-0.39, 0.29) is 10.7 Å². The molecule has 0 radical (unpaired) electrons. The van der Waals surface area contributed by atoms with Crippen LogP contribution < -0.4 is 0 Å². The van der Waals surface area contributed by atoms with Crippen LogP contribution in [0.3, 0.4) is 0 Å². The smallest absolute Gasteiger partial charge is 0.162 e. The fraction of sp³-hybridized carbons (Fsp3) is 0.133. The van der Waals surface area contributed by atoms with Crippen molar-refractivity contribution in [3.8, 4) is 0 Å². The molecule has 2 aromatic carbocycles. The monoisotopic (exact) mass is 278 g/mol. The summed E-state index contributed by atoms with van der Waals surface area (Å²) in [6.07, 6.45) is 0.449. The highest BCUT2D eigenvalue weighted by atomic mass is 32.2. The molecule has 0 aliphatic rings. The Hall–Kier alpha value is -1.68. The first-order chi connectivity index (χ1) is 9.10. The zero-order chi connectivity index (χ0) is 13.8. The lowest BCUT2D eigenvalue weighted by molar-refractivity contribution is 0.0988. The van der Waals surface area contributed by atoms with Crippen molar-refractivity contribution >= 4 is 17.5 Å². The second-order valence-corrected chi connectivity index (χ2v) is 5.09. The maximum atomic E-state index is 13.5. The minimum atomic E-state index is -0.471. The second kappa shape index (κ2) is 5.97. The Bertz CT molecular complexity index is 594. The van der Waals surface area contributed by atoms with Gasteiger partial charge in [-0.15, -0.1) is 0 Å². The molecule has 2 aromatic rings. The van der Waals surface area contributed by atoms with Crippen LogP contribution in [0.15, 0.2) is 52.3 Å². The van der Waals surface area contributed by atoms with Gasteiger partial charge < -0.3 is 0 Å². The van der Waals surface area contributed by atoms with E-state index in [0.717, 1.165) is 34.9 Å². The highest BCUT2D eigenvalue weighted by Crippen LogP contribution is 2.30. The Morgan fingerprint density at radius 3 is 2.42 bits per heavy atom. The molecule has 4 heteroatoms. The Morgan fingerprint density at radius 2 is 1.79 bits per heavy atom. The number of hydrogen-bond acceptors (Lipinski definition) is 2. The van der Waals surface area contributed by atoms with Crippen LogP contribution in [0.25, 0.3) is 0 Å². The SMILES string of the molecule is CCC(=O)c1ccc(Sc2cc(F)ccc2F)cc1. The summed E-state index contributed by atoms with van der Waals surface area (Å²) in [6.45, 7) is 1.80. The summed E-state index contributed by atoms with van der Waals surface area (Å²) in [4.78, 5) is 12.5. The van der Waals surface area contributed by atoms with Gasteiger partial charge in [0.2, 0.25) is 0 Å². The Labute approximate surface area is 114 Å². The van der Waals surface area contributed by atoms with E-state index in [2.05, 4.69) is 0 Å². The van der Waals surface area contributed by atoms with Gasteiger partial charge in [-0.05, 0) is 30.3 Å². The molecule has 98 valence electrons. The summed E-state index contributed by atoms with van der Waals surface area (Å²) in [5.74, 6) is -0.865. The summed E-state index contributed by atoms with van der Waals surface area (Å²) in [6, 6.07) is 10.2. The third-order valence-electron chi connectivity index (χ3n) is 2.62. The number of ketones is 1. The van der Waals surface area contributed by atoms with Gasteiger partial charge in [-0.1, -0.05) is 30.8 Å². The fourth-order valence-corrected chi connectivity index (χ4v) is 2.46. The van der Waals surface area contributed by atoms with Gasteiger partial charge in [-0.3, -0.25) is 4.79 Å². The van der Waals surface area contributed by atoms with Crippen LogP contribution in [0, 0.1) is 11.6 Å². The van der Waals surface area contributed by atoms with Crippen LogP contribution in [-0.2, 0) is 0 Å². The van der Waals surface area contributed by atoms with Crippen molar-refractivity contribution in [3.63, 3.8) is 0 Å². The molecule has 0 saturated carbocycles. The molecule has 0 bridgehead atoms. The Balaban J connectivity index is 2.19. The van der Waals surface area contributed by atoms with Crippen molar-refractivity contribution in [2.24, 2.45) is 0 Å². The molecule has 1 nitrogen and oxygen atoms in total. The summed E-state index contributed by atoms with van der Waals surface area (Å²) < 4.78 is 26.5. The number of hydrogen-bond donors (Lipinski definition) is 0. The van der Waals surface area contributed by atoms with Crippen molar-refractivity contribution in [3.05, 3.63) is 59.7 Å². The fourth-order valence-electron chi connectivity index (χ4n) is 1.60. The average Bonchev–Trinajstić information content (AvgIpc) is 2.43. The van der Waals surface area contributed by atoms with E-state index in [9.17, 15) is 13.6 Å². The molecule has 0 unspecified atom stereocenters. The van der Waals surface area contributed by atoms with E-state index < -0.39 is 11.6 Å². The summed E-state index contributed by atoms with van der Waals surface area (Å²) >= 11 is 1.13. The van der Waals surface area contributed by atoms with Gasteiger partial charge in [0.1, 0.15) is 11.6 Å². The first-order valence-electron chi connectivity index (χ1n) is 5.86. The molecule has 0 aromatic heterocycles. The standard InChI is InChI=1S/C15H12F2OS/c1-2-14(18)10-3-6-12(7-4-10)19-15-9-11(16)5-8-13(15)17/h3-9H,2H2,1H3. The summed E-state index contributed by atoms with van der Waals surface area (Å²) in [7, 11) is 0. The molecule has 0 fully saturated rings. The summed E-state index contributed by atoms with van der Waals surface area (Å²) in [5, 5.41) is 0. The van der Waals surface area contributed by atoms with Crippen molar-refractivity contribution in [1.29, 1.82) is 0 Å². The van der Waals surface area contributed by atoms with Crippen molar-refractivity contribution in [2.75, 3.05) is 0 Å². The van der Waals surface area contributed by atoms with E-state index in [1.165, 1.54) is 0 Å². The molecule has 0 aliphatic heterocycles. The summed E-state index contributed by atoms with van der Waals surface area (Å²) in [5.41, 5.74) is 0.631. The van der Waals surface area contributed by atoms with Crippen LogP contribution in [0.1, 0.15) is 23.7 Å². The Morgan fingerprint density at radius 1 is 1.11 bits per heavy atom. The predicted molar refractivity (Wildman–Crippen MR) is 71.5 cm³/mol. The molecule has 19 heavy (non-hydrogen) atoms.